The number of carbonyl (C=O) groups excluding carboxylic acids is 2. The van der Waals surface area contributed by atoms with Gasteiger partial charge in [-0.05, 0) is 78.8 Å². The molecule has 0 aliphatic heterocycles. The maximum atomic E-state index is 14.6. The van der Waals surface area contributed by atoms with Crippen molar-refractivity contribution in [1.29, 1.82) is 0 Å². The lowest BCUT2D eigenvalue weighted by Gasteiger charge is -2.34. The first kappa shape index (κ1) is 36.3. The molecule has 4 aromatic rings. The van der Waals surface area contributed by atoms with E-state index < -0.39 is 28.5 Å². The molecule has 0 bridgehead atoms. The van der Waals surface area contributed by atoms with Crippen LogP contribution in [0.25, 0.3) is 0 Å². The topological polar surface area (TPSA) is 86.8 Å². The van der Waals surface area contributed by atoms with Gasteiger partial charge in [0.1, 0.15) is 12.6 Å². The van der Waals surface area contributed by atoms with Crippen LogP contribution in [0.3, 0.4) is 0 Å². The molecule has 0 aliphatic carbocycles. The Kier molecular flexibility index (Phi) is 12.8. The van der Waals surface area contributed by atoms with Crippen LogP contribution in [0.4, 0.5) is 5.69 Å². The summed E-state index contributed by atoms with van der Waals surface area (Å²) in [5.74, 6) is -0.717. The number of carbonyl (C=O) groups is 2. The van der Waals surface area contributed by atoms with Gasteiger partial charge in [0.25, 0.3) is 10.0 Å². The predicted octanol–water partition coefficient (Wildman–Crippen LogP) is 7.63. The van der Waals surface area contributed by atoms with Gasteiger partial charge in [-0.1, -0.05) is 91.1 Å². The second kappa shape index (κ2) is 16.6. The van der Waals surface area contributed by atoms with Gasteiger partial charge in [-0.25, -0.2) is 8.42 Å². The van der Waals surface area contributed by atoms with Crippen LogP contribution in [0.2, 0.25) is 10.0 Å². The molecule has 0 fully saturated rings. The number of anilines is 1. The summed E-state index contributed by atoms with van der Waals surface area (Å²) in [6.07, 6.45) is 2.12. The molecule has 0 saturated carbocycles. The van der Waals surface area contributed by atoms with Gasteiger partial charge in [-0.15, -0.1) is 11.8 Å². The van der Waals surface area contributed by atoms with E-state index in [-0.39, 0.29) is 29.7 Å². The second-order valence-electron chi connectivity index (χ2n) is 11.6. The molecule has 2 amide bonds. The molecule has 0 aromatic heterocycles. The summed E-state index contributed by atoms with van der Waals surface area (Å²) < 4.78 is 29.6. The highest BCUT2D eigenvalue weighted by Crippen LogP contribution is 2.28. The molecule has 0 heterocycles. The third-order valence-electron chi connectivity index (χ3n) is 7.54. The van der Waals surface area contributed by atoms with Crippen molar-refractivity contribution in [3.63, 3.8) is 0 Å². The number of benzene rings is 4. The molecule has 47 heavy (non-hydrogen) atoms. The third-order valence-corrected chi connectivity index (χ3v) is 10.8. The first-order chi connectivity index (χ1) is 22.4. The summed E-state index contributed by atoms with van der Waals surface area (Å²) in [4.78, 5) is 30.9. The Morgan fingerprint density at radius 3 is 2.11 bits per heavy atom. The van der Waals surface area contributed by atoms with Gasteiger partial charge in [0.05, 0.1) is 20.6 Å². The normalized spacial score (nSPS) is 12.1. The number of sulfonamides is 1. The maximum Gasteiger partial charge on any atom is 0.264 e. The number of nitrogens with one attached hydrogen (secondary N) is 1. The van der Waals surface area contributed by atoms with Gasteiger partial charge < -0.3 is 10.2 Å². The molecule has 7 nitrogen and oxygen atoms in total. The quantitative estimate of drug-likeness (QED) is 0.136. The van der Waals surface area contributed by atoms with Crippen LogP contribution in [-0.2, 0) is 32.6 Å². The van der Waals surface area contributed by atoms with Gasteiger partial charge in [-0.2, -0.15) is 0 Å². The lowest BCUT2D eigenvalue weighted by atomic mass is 10.0. The van der Waals surface area contributed by atoms with E-state index in [2.05, 4.69) is 5.32 Å². The lowest BCUT2D eigenvalue weighted by molar-refractivity contribution is -0.140. The van der Waals surface area contributed by atoms with E-state index in [0.29, 0.717) is 27.8 Å². The molecular formula is C36H39Cl2N3O4S2. The molecule has 1 N–H and O–H groups in total. The van der Waals surface area contributed by atoms with Crippen molar-refractivity contribution in [3.8, 4) is 0 Å². The van der Waals surface area contributed by atoms with Gasteiger partial charge in [0, 0.05) is 24.4 Å². The van der Waals surface area contributed by atoms with E-state index in [9.17, 15) is 18.0 Å². The summed E-state index contributed by atoms with van der Waals surface area (Å²) in [6.45, 7) is 5.74. The van der Waals surface area contributed by atoms with E-state index in [4.69, 9.17) is 23.2 Å². The van der Waals surface area contributed by atoms with Crippen LogP contribution in [-0.4, -0.2) is 50.5 Å². The number of amides is 2. The number of rotatable bonds is 14. The summed E-state index contributed by atoms with van der Waals surface area (Å²) in [5.41, 5.74) is 2.75. The molecule has 11 heteroatoms. The highest BCUT2D eigenvalue weighted by Gasteiger charge is 2.34. The molecular weight excluding hydrogens is 673 g/mol. The molecule has 0 radical (unpaired) electrons. The highest BCUT2D eigenvalue weighted by molar-refractivity contribution is 7.98. The predicted molar refractivity (Wildman–Crippen MR) is 193 cm³/mol. The largest absolute Gasteiger partial charge is 0.354 e. The lowest BCUT2D eigenvalue weighted by Crippen LogP contribution is -2.53. The summed E-state index contributed by atoms with van der Waals surface area (Å²) in [6, 6.07) is 27.0. The third kappa shape index (κ3) is 9.76. The van der Waals surface area contributed by atoms with Gasteiger partial charge in [-0.3, -0.25) is 13.9 Å². The Morgan fingerprint density at radius 2 is 1.51 bits per heavy atom. The molecule has 1 atom stereocenters. The molecule has 1 unspecified atom stereocenters. The number of hydrogen-bond acceptors (Lipinski definition) is 5. The van der Waals surface area contributed by atoms with Crippen LogP contribution in [0.5, 0.6) is 0 Å². The summed E-state index contributed by atoms with van der Waals surface area (Å²) >= 11 is 14.0. The van der Waals surface area contributed by atoms with Crippen molar-refractivity contribution in [2.45, 2.75) is 49.6 Å². The number of nitrogens with zero attached hydrogens (tertiary/aromatic N) is 2. The van der Waals surface area contributed by atoms with Crippen LogP contribution in [0.15, 0.2) is 107 Å². The fourth-order valence-corrected chi connectivity index (χ4v) is 7.07. The average molecular weight is 713 g/mol. The Hall–Kier alpha value is -3.50. The number of halogens is 2. The smallest absolute Gasteiger partial charge is 0.264 e. The number of aryl methyl sites for hydroxylation is 1. The molecule has 0 saturated heterocycles. The Bertz CT molecular complexity index is 1770. The summed E-state index contributed by atoms with van der Waals surface area (Å²) in [5, 5.41) is 3.65. The zero-order chi connectivity index (χ0) is 34.1. The summed E-state index contributed by atoms with van der Waals surface area (Å²) in [7, 11) is -4.19. The van der Waals surface area contributed by atoms with Crippen molar-refractivity contribution in [2.75, 3.05) is 23.7 Å². The van der Waals surface area contributed by atoms with Crippen molar-refractivity contribution in [2.24, 2.45) is 5.92 Å². The molecule has 248 valence electrons. The minimum Gasteiger partial charge on any atom is -0.354 e. The first-order valence-corrected chi connectivity index (χ1v) is 18.6. The average Bonchev–Trinajstić information content (AvgIpc) is 3.06. The second-order valence-corrected chi connectivity index (χ2v) is 15.2. The Morgan fingerprint density at radius 1 is 0.851 bits per heavy atom. The van der Waals surface area contributed by atoms with Crippen molar-refractivity contribution < 1.29 is 18.0 Å². The molecule has 4 aromatic carbocycles. The molecule has 0 aliphatic rings. The minimum atomic E-state index is -4.19. The maximum absolute atomic E-state index is 14.6. The van der Waals surface area contributed by atoms with Crippen molar-refractivity contribution >= 4 is 62.5 Å². The van der Waals surface area contributed by atoms with Crippen LogP contribution in [0, 0.1) is 12.8 Å². The first-order valence-electron chi connectivity index (χ1n) is 15.2. The van der Waals surface area contributed by atoms with E-state index in [0.717, 1.165) is 20.3 Å². The fraction of sp³-hybridized carbons (Fsp3) is 0.278. The van der Waals surface area contributed by atoms with Crippen LogP contribution < -0.4 is 9.62 Å². The fourth-order valence-electron chi connectivity index (χ4n) is 4.93. The zero-order valence-electron chi connectivity index (χ0n) is 26.8. The number of hydrogen-bond donors (Lipinski definition) is 1. The monoisotopic (exact) mass is 711 g/mol. The van der Waals surface area contributed by atoms with E-state index >= 15 is 0 Å². The van der Waals surface area contributed by atoms with Gasteiger partial charge in [0.2, 0.25) is 11.8 Å². The van der Waals surface area contributed by atoms with Gasteiger partial charge >= 0.3 is 0 Å². The van der Waals surface area contributed by atoms with Crippen molar-refractivity contribution in [3.05, 3.63) is 124 Å². The molecule has 4 rings (SSSR count). The Balaban J connectivity index is 1.81. The standard InChI is InChI=1S/C36H39Cl2N3O4S2/c1-25(2)22-39-36(43)34(21-27-8-6-5-7-9-27)40(23-28-12-19-32(37)33(38)20-28)35(42)24-41(29-13-10-26(3)11-14-29)47(44,45)31-17-15-30(46-4)16-18-31/h5-20,25,34H,21-24H2,1-4H3,(H,39,43). The number of thioether (sulfide) groups is 1. The SMILES string of the molecule is CSc1ccc(S(=O)(=O)N(CC(=O)N(Cc2ccc(Cl)c(Cl)c2)C(Cc2ccccc2)C(=O)NCC(C)C)c2ccc(C)cc2)cc1. The zero-order valence-corrected chi connectivity index (χ0v) is 30.0. The Labute approximate surface area is 292 Å². The van der Waals surface area contributed by atoms with E-state index in [1.54, 1.807) is 54.6 Å². The van der Waals surface area contributed by atoms with E-state index in [1.165, 1.54) is 28.8 Å². The van der Waals surface area contributed by atoms with Crippen molar-refractivity contribution in [1.82, 2.24) is 10.2 Å². The van der Waals surface area contributed by atoms with E-state index in [1.807, 2.05) is 57.4 Å². The molecule has 0 spiro atoms. The van der Waals surface area contributed by atoms with Gasteiger partial charge in [0.15, 0.2) is 0 Å². The van der Waals surface area contributed by atoms with Crippen LogP contribution in [0.1, 0.15) is 30.5 Å². The highest BCUT2D eigenvalue weighted by atomic mass is 35.5. The minimum absolute atomic E-state index is 0.00741. The van der Waals surface area contributed by atoms with Crippen LogP contribution >= 0.6 is 35.0 Å².